The molecule has 3 atom stereocenters. The lowest BCUT2D eigenvalue weighted by molar-refractivity contribution is -0.137. The predicted molar refractivity (Wildman–Crippen MR) is 161 cm³/mol. The van der Waals surface area contributed by atoms with Gasteiger partial charge in [0.05, 0.1) is 23.0 Å². The number of aromatic nitrogens is 3. The molecule has 2 aliphatic heterocycles. The minimum atomic E-state index is -0.820. The summed E-state index contributed by atoms with van der Waals surface area (Å²) in [6.07, 6.45) is 10.7. The van der Waals surface area contributed by atoms with Crippen molar-refractivity contribution < 1.29 is 19.8 Å². The van der Waals surface area contributed by atoms with Gasteiger partial charge in [-0.2, -0.15) is 0 Å². The number of rotatable bonds is 5. The highest BCUT2D eigenvalue weighted by atomic mass is 16.4. The minimum Gasteiger partial charge on any atom is -0.515 e. The van der Waals surface area contributed by atoms with E-state index < -0.39 is 5.97 Å². The van der Waals surface area contributed by atoms with Gasteiger partial charge in [-0.1, -0.05) is 26.5 Å². The summed E-state index contributed by atoms with van der Waals surface area (Å²) in [5.41, 5.74) is 9.25. The number of aliphatic hydroxyl groups excluding tert-OH is 1. The van der Waals surface area contributed by atoms with Crippen LogP contribution in [0.4, 0.5) is 0 Å². The van der Waals surface area contributed by atoms with E-state index in [0.29, 0.717) is 24.8 Å². The topological polar surface area (TPSA) is 134 Å². The maximum Gasteiger partial charge on any atom is 0.303 e. The Morgan fingerprint density at radius 3 is 2.51 bits per heavy atom. The molecule has 1 aliphatic carbocycles. The summed E-state index contributed by atoms with van der Waals surface area (Å²) in [5.74, 6) is -0.674. The molecule has 212 valence electrons. The molecule has 1 saturated heterocycles. The van der Waals surface area contributed by atoms with Crippen LogP contribution in [-0.4, -0.2) is 43.0 Å². The van der Waals surface area contributed by atoms with Crippen LogP contribution in [0.1, 0.15) is 82.8 Å². The maximum absolute atomic E-state index is 13.4. The number of aliphatic hydroxyl groups is 1. The van der Waals surface area contributed by atoms with Crippen LogP contribution in [0.25, 0.3) is 36.1 Å². The molecule has 0 amide bonds. The molecule has 3 aromatic heterocycles. The highest BCUT2D eigenvalue weighted by molar-refractivity contribution is 6.06. The molecular weight excluding hydrogens is 516 g/mol. The van der Waals surface area contributed by atoms with E-state index in [1.54, 1.807) is 0 Å². The Morgan fingerprint density at radius 1 is 1.07 bits per heavy atom. The lowest BCUT2D eigenvalue weighted by atomic mass is 9.83. The van der Waals surface area contributed by atoms with E-state index >= 15 is 0 Å². The smallest absolute Gasteiger partial charge is 0.303 e. The van der Waals surface area contributed by atoms with Gasteiger partial charge < -0.3 is 30.5 Å². The monoisotopic (exact) mass is 552 g/mol. The van der Waals surface area contributed by atoms with Crippen molar-refractivity contribution >= 4 is 47.9 Å². The number of allylic oxidation sites excluding steroid dienone is 1. The molecule has 41 heavy (non-hydrogen) atoms. The first-order chi connectivity index (χ1) is 19.7. The normalized spacial score (nSPS) is 24.3. The summed E-state index contributed by atoms with van der Waals surface area (Å²) >= 11 is 0. The van der Waals surface area contributed by atoms with Crippen molar-refractivity contribution in [2.45, 2.75) is 59.4 Å². The van der Waals surface area contributed by atoms with E-state index in [4.69, 9.17) is 0 Å². The lowest BCUT2D eigenvalue weighted by Gasteiger charge is -2.22. The Balaban J connectivity index is 1.71. The van der Waals surface area contributed by atoms with Crippen LogP contribution in [0.15, 0.2) is 12.3 Å². The Kier molecular flexibility index (Phi) is 6.44. The van der Waals surface area contributed by atoms with E-state index in [-0.39, 0.29) is 30.1 Å². The third-order valence-corrected chi connectivity index (χ3v) is 9.33. The zero-order valence-corrected chi connectivity index (χ0v) is 23.9. The average Bonchev–Trinajstić information content (AvgIpc) is 3.69. The number of nitrogens with one attached hydrogen (secondary N) is 4. The first-order valence-electron chi connectivity index (χ1n) is 14.2. The highest BCUT2D eigenvalue weighted by Crippen LogP contribution is 2.40. The summed E-state index contributed by atoms with van der Waals surface area (Å²) in [6, 6.07) is -0.168. The standard InChI is InChI=1S/C33H36N4O4/c1-6-18-15(3)23-11-24-16(4)20(8-9-30(40)41)32(36-24)21-10-29(39)31-17(5)25(37-33(21)31)12-27-19(7-2)22(14-38)28(35-27)13-26(18)34-23/h6,11-14,16,20,32,34-38H,1,7-10H2,2-5H3,(H,40,41)/b22-14-,24-11+,25-12-,28-13-/t16-,20-,32?/m0/s1. The fraction of sp³-hybridized carbons (Fsp3) is 0.333. The van der Waals surface area contributed by atoms with E-state index in [1.807, 2.05) is 25.2 Å². The van der Waals surface area contributed by atoms with Gasteiger partial charge in [0, 0.05) is 63.2 Å². The third kappa shape index (κ3) is 4.12. The molecular formula is C33H36N4O4. The van der Waals surface area contributed by atoms with Gasteiger partial charge in [0.1, 0.15) is 0 Å². The molecule has 1 unspecified atom stereocenters. The van der Waals surface area contributed by atoms with Gasteiger partial charge in [-0.05, 0) is 73.1 Å². The SMILES string of the molecule is C=Cc1c2[nH]c(c1C)/C=C1/NC(C3=c4[nH]/c(c(C)c4C(=O)C3)=C\c3[nH]c(/c(=C\O)c3CC)=C\2)[C@@H](CCC(=O)O)[C@@H]1C. The van der Waals surface area contributed by atoms with E-state index in [0.717, 1.165) is 78.1 Å². The quantitative estimate of drug-likeness (QED) is 0.290. The molecule has 5 heterocycles. The van der Waals surface area contributed by atoms with Gasteiger partial charge in [-0.25, -0.2) is 0 Å². The molecule has 3 aliphatic rings. The number of carbonyl (C=O) groups excluding carboxylic acids is 1. The summed E-state index contributed by atoms with van der Waals surface area (Å²) < 4.78 is 0. The number of carboxylic acids is 1. The first kappa shape index (κ1) is 26.7. The molecule has 8 heteroatoms. The van der Waals surface area contributed by atoms with Crippen LogP contribution in [0.5, 0.6) is 0 Å². The van der Waals surface area contributed by atoms with Crippen LogP contribution in [0.2, 0.25) is 0 Å². The highest BCUT2D eigenvalue weighted by Gasteiger charge is 2.42. The zero-order chi connectivity index (χ0) is 29.2. The van der Waals surface area contributed by atoms with Crippen molar-refractivity contribution in [3.63, 3.8) is 0 Å². The second-order valence-corrected chi connectivity index (χ2v) is 11.5. The average molecular weight is 553 g/mol. The van der Waals surface area contributed by atoms with Gasteiger partial charge in [-0.3, -0.25) is 9.59 Å². The number of H-pyrrole nitrogens is 3. The first-order valence-corrected chi connectivity index (χ1v) is 14.2. The molecule has 0 spiro atoms. The molecule has 3 aromatic rings. The van der Waals surface area contributed by atoms with Crippen molar-refractivity contribution in [1.29, 1.82) is 0 Å². The zero-order valence-electron chi connectivity index (χ0n) is 23.9. The Labute approximate surface area is 237 Å². The van der Waals surface area contributed by atoms with Crippen LogP contribution in [-0.2, 0) is 11.2 Å². The van der Waals surface area contributed by atoms with E-state index in [9.17, 15) is 19.8 Å². The second kappa shape index (κ2) is 9.87. The summed E-state index contributed by atoms with van der Waals surface area (Å²) in [7, 11) is 0. The Hall–Kier alpha value is -4.46. The van der Waals surface area contributed by atoms with Crippen molar-refractivity contribution in [2.24, 2.45) is 11.8 Å². The van der Waals surface area contributed by atoms with Crippen molar-refractivity contribution in [3.8, 4) is 0 Å². The van der Waals surface area contributed by atoms with E-state index in [2.05, 4.69) is 53.7 Å². The van der Waals surface area contributed by atoms with Crippen LogP contribution in [0, 0.1) is 25.7 Å². The fourth-order valence-electron chi connectivity index (χ4n) is 7.10. The number of aliphatic carboxylic acids is 1. The van der Waals surface area contributed by atoms with Crippen molar-refractivity contribution in [3.05, 3.63) is 78.4 Å². The predicted octanol–water partition coefficient (Wildman–Crippen LogP) is 2.63. The number of hydrogen-bond donors (Lipinski definition) is 6. The number of fused-ring (bicyclic) bond motifs is 8. The van der Waals surface area contributed by atoms with Gasteiger partial charge in [0.15, 0.2) is 5.78 Å². The number of ketones is 1. The third-order valence-electron chi connectivity index (χ3n) is 9.33. The molecule has 8 nitrogen and oxygen atoms in total. The molecule has 0 aromatic carbocycles. The van der Waals surface area contributed by atoms with Gasteiger partial charge in [0.25, 0.3) is 0 Å². The molecule has 8 bridgehead atoms. The summed E-state index contributed by atoms with van der Waals surface area (Å²) in [5, 5.41) is 26.7. The summed E-state index contributed by atoms with van der Waals surface area (Å²) in [4.78, 5) is 35.6. The largest absolute Gasteiger partial charge is 0.515 e. The minimum absolute atomic E-state index is 0.0119. The van der Waals surface area contributed by atoms with Crippen molar-refractivity contribution in [2.75, 3.05) is 0 Å². The van der Waals surface area contributed by atoms with Crippen LogP contribution < -0.4 is 26.6 Å². The van der Waals surface area contributed by atoms with Gasteiger partial charge in [-0.15, -0.1) is 0 Å². The lowest BCUT2D eigenvalue weighted by Crippen LogP contribution is -2.32. The molecule has 6 N–H and O–H groups in total. The van der Waals surface area contributed by atoms with E-state index in [1.165, 1.54) is 0 Å². The Bertz CT molecular complexity index is 1910. The number of hydrogen-bond acceptors (Lipinski definition) is 4. The number of carboxylic acid groups (broad SMARTS) is 1. The number of Topliss-reactive ketones (excluding diaryl/α,β-unsaturated/α-hetero) is 1. The maximum atomic E-state index is 13.4. The number of carbonyl (C=O) groups is 2. The second-order valence-electron chi connectivity index (χ2n) is 11.5. The molecule has 1 fully saturated rings. The number of aromatic amines is 3. The van der Waals surface area contributed by atoms with Crippen LogP contribution in [0.3, 0.4) is 0 Å². The fourth-order valence-corrected chi connectivity index (χ4v) is 7.10. The molecule has 0 saturated carbocycles. The van der Waals surface area contributed by atoms with Crippen LogP contribution >= 0.6 is 0 Å². The van der Waals surface area contributed by atoms with Gasteiger partial charge in [0.2, 0.25) is 0 Å². The molecule has 0 radical (unpaired) electrons. The molecule has 6 rings (SSSR count). The van der Waals surface area contributed by atoms with Crippen molar-refractivity contribution in [1.82, 2.24) is 20.3 Å². The summed E-state index contributed by atoms with van der Waals surface area (Å²) in [6.45, 7) is 12.3. The van der Waals surface area contributed by atoms with Gasteiger partial charge >= 0.3 is 5.97 Å². The Morgan fingerprint density at radius 2 is 1.83 bits per heavy atom.